The Kier molecular flexibility index (Phi) is 31.2. The molecule has 4 aliphatic rings. The lowest BCUT2D eigenvalue weighted by molar-refractivity contribution is -0.365. The standard InChI is InChI=1S/C54H88N10O31/c1-17(47(82)63-25(45(55)80)9-11-31(73)74)57-49(84)19(3)87-43-35(61-23(7)71)51(86)89-29(15-67)41(43)94-53-34(60-22(6)70)39(79)40(28(14-66)91-53)93-54-36(62-24(8)72)44(88-20(4)50(85)58-18(2)48(83)64-26(46(56)81)10-12-32(75)76)42(30(16-68)92-54)95-52-33(59-21(5)69)38(78)37(77)27(13-65)90-52/h17-20,25-30,33-44,51-54,65-68,77-79,86H,9-16H2,1-8H3,(H2,55,80)(H2,56,81)(H,57,84)(H,58,85)(H,59,69)(H,60,70)(H,61,71)(H,62,72)(H,63,82)(H,64,83)(H,73,74)(H,75,76)/t17-,18-,19+,20+,25+,26+,27+,28+,29+,30+,33+,34+,35+,36+,37+,38+,39+,40+,41+,42+,43+,44+,51+,52-,53-,54-/m0/s1. The van der Waals surface area contributed by atoms with Crippen molar-refractivity contribution in [1.29, 1.82) is 0 Å². The molecule has 540 valence electrons. The van der Waals surface area contributed by atoms with E-state index in [-0.39, 0.29) is 0 Å². The molecule has 0 aliphatic carbocycles. The quantitative estimate of drug-likeness (QED) is 0.0284. The summed E-state index contributed by atoms with van der Waals surface area (Å²) >= 11 is 0. The van der Waals surface area contributed by atoms with Crippen molar-refractivity contribution in [2.24, 2.45) is 11.5 Å². The molecule has 10 amide bonds. The van der Waals surface area contributed by atoms with E-state index in [2.05, 4.69) is 42.5 Å². The molecule has 41 nitrogen and oxygen atoms in total. The maximum Gasteiger partial charge on any atom is 0.303 e. The molecule has 0 aromatic carbocycles. The normalized spacial score (nSPS) is 32.6. The first-order valence-electron chi connectivity index (χ1n) is 29.9. The van der Waals surface area contributed by atoms with E-state index in [0.29, 0.717) is 0 Å². The first kappa shape index (κ1) is 80.4. The number of carboxylic acid groups (broad SMARTS) is 2. The zero-order valence-electron chi connectivity index (χ0n) is 52.9. The van der Waals surface area contributed by atoms with Crippen molar-refractivity contribution in [2.75, 3.05) is 26.4 Å². The number of primary amides is 2. The van der Waals surface area contributed by atoms with Crippen LogP contribution in [0.5, 0.6) is 0 Å². The van der Waals surface area contributed by atoms with E-state index in [1.807, 2.05) is 0 Å². The summed E-state index contributed by atoms with van der Waals surface area (Å²) in [4.78, 5) is 152. The van der Waals surface area contributed by atoms with Gasteiger partial charge in [0.25, 0.3) is 0 Å². The number of hydrogen-bond donors (Lipinski definition) is 20. The molecule has 4 heterocycles. The molecule has 4 fully saturated rings. The molecular weight excluding hydrogens is 1280 g/mol. The highest BCUT2D eigenvalue weighted by molar-refractivity contribution is 5.93. The van der Waals surface area contributed by atoms with E-state index in [1.54, 1.807) is 0 Å². The van der Waals surface area contributed by atoms with Gasteiger partial charge in [0.15, 0.2) is 25.2 Å². The topological polar surface area (TPSA) is 638 Å². The van der Waals surface area contributed by atoms with E-state index in [1.165, 1.54) is 6.92 Å². The van der Waals surface area contributed by atoms with Gasteiger partial charge >= 0.3 is 11.9 Å². The zero-order chi connectivity index (χ0) is 71.6. The molecule has 0 unspecified atom stereocenters. The predicted octanol–water partition coefficient (Wildman–Crippen LogP) is -11.7. The van der Waals surface area contributed by atoms with Crippen LogP contribution in [0.15, 0.2) is 0 Å². The minimum absolute atomic E-state index is 0.402. The number of aliphatic hydroxyl groups is 8. The Hall–Kier alpha value is -7.04. The van der Waals surface area contributed by atoms with Crippen LogP contribution in [0, 0.1) is 0 Å². The van der Waals surface area contributed by atoms with Crippen LogP contribution >= 0.6 is 0 Å². The molecule has 4 aliphatic heterocycles. The molecule has 0 aromatic heterocycles. The molecule has 4 saturated heterocycles. The Morgan fingerprint density at radius 2 is 0.737 bits per heavy atom. The van der Waals surface area contributed by atoms with Gasteiger partial charge in [-0.2, -0.15) is 0 Å². The van der Waals surface area contributed by atoms with E-state index in [4.69, 9.17) is 64.3 Å². The number of aliphatic hydroxyl groups excluding tert-OH is 8. The number of aliphatic carboxylic acids is 2. The van der Waals surface area contributed by atoms with Gasteiger partial charge in [0.05, 0.1) is 26.4 Å². The van der Waals surface area contributed by atoms with Crippen LogP contribution in [-0.2, 0) is 100 Å². The maximum atomic E-state index is 14.0. The largest absolute Gasteiger partial charge is 0.481 e. The summed E-state index contributed by atoms with van der Waals surface area (Å²) < 4.78 is 55.2. The third-order valence-electron chi connectivity index (χ3n) is 15.3. The fourth-order valence-electron chi connectivity index (χ4n) is 10.5. The van der Waals surface area contributed by atoms with Crippen LogP contribution < -0.4 is 54.0 Å². The molecule has 0 saturated carbocycles. The summed E-state index contributed by atoms with van der Waals surface area (Å²) in [7, 11) is 0. The molecule has 4 rings (SSSR count). The summed E-state index contributed by atoms with van der Waals surface area (Å²) in [6, 6.07) is -13.1. The molecule has 95 heavy (non-hydrogen) atoms. The Morgan fingerprint density at radius 1 is 0.411 bits per heavy atom. The van der Waals surface area contributed by atoms with E-state index in [0.717, 1.165) is 48.5 Å². The third kappa shape index (κ3) is 22.5. The van der Waals surface area contributed by atoms with Crippen molar-refractivity contribution in [3.63, 3.8) is 0 Å². The average molecular weight is 1370 g/mol. The fourth-order valence-corrected chi connectivity index (χ4v) is 10.5. The summed E-state index contributed by atoms with van der Waals surface area (Å²) in [6.07, 6.45) is -36.1. The lowest BCUT2D eigenvalue weighted by atomic mass is 9.92. The van der Waals surface area contributed by atoms with Crippen LogP contribution in [0.4, 0.5) is 0 Å². The highest BCUT2D eigenvalue weighted by Crippen LogP contribution is 2.36. The minimum atomic E-state index is -2.19. The average Bonchev–Trinajstić information content (AvgIpc) is 0.768. The van der Waals surface area contributed by atoms with E-state index < -0.39 is 282 Å². The SMILES string of the molecule is CC(=O)N[C@@H]1[C@@H](O[C@H](C)C(=O)N[C@@H](C)C(=O)N[C@H](CCC(=O)O)C(N)=O)[C@H](O[C@@H]2O[C@H](CO)[C@@H](O[C@@H]3O[C@H](CO)[C@@H](O[C@@H]4O[C@H](CO)[C@@H](O)[C@H](O)[C@H]4NC(C)=O)[C@H](O[C@H](C)C(=O)N[C@@H](C)C(=O)N[C@H](CCC(=O)O)C(N)=O)[C@H]3NC(C)=O)[C@H](O)[C@H]2NC(C)=O)[C@@H](CO)O[C@H]1O. The summed E-state index contributed by atoms with van der Waals surface area (Å²) in [5, 5.41) is 126. The molecule has 0 spiro atoms. The lowest BCUT2D eigenvalue weighted by Crippen LogP contribution is -2.72. The Morgan fingerprint density at radius 3 is 1.12 bits per heavy atom. The van der Waals surface area contributed by atoms with Gasteiger partial charge in [-0.3, -0.25) is 57.5 Å². The van der Waals surface area contributed by atoms with Gasteiger partial charge in [-0.05, 0) is 40.5 Å². The van der Waals surface area contributed by atoms with Crippen LogP contribution in [0.25, 0.3) is 0 Å². The van der Waals surface area contributed by atoms with Gasteiger partial charge in [0, 0.05) is 40.5 Å². The third-order valence-corrected chi connectivity index (χ3v) is 15.3. The van der Waals surface area contributed by atoms with Gasteiger partial charge in [0.2, 0.25) is 59.1 Å². The summed E-state index contributed by atoms with van der Waals surface area (Å²) in [5.74, 6) is -12.5. The van der Waals surface area contributed by atoms with Crippen LogP contribution in [0.1, 0.15) is 81.1 Å². The smallest absolute Gasteiger partial charge is 0.303 e. The van der Waals surface area contributed by atoms with Crippen LogP contribution in [-0.4, -0.2) is 307 Å². The number of ether oxygens (including phenoxy) is 9. The lowest BCUT2D eigenvalue weighted by Gasteiger charge is -2.52. The summed E-state index contributed by atoms with van der Waals surface area (Å²) in [5.41, 5.74) is 10.7. The second kappa shape index (κ2) is 36.9. The number of nitrogens with two attached hydrogens (primary N) is 2. The number of nitrogens with one attached hydrogen (secondary N) is 8. The summed E-state index contributed by atoms with van der Waals surface area (Å²) in [6.45, 7) is 4.30. The first-order chi connectivity index (χ1) is 44.5. The van der Waals surface area contributed by atoms with Crippen molar-refractivity contribution in [3.05, 3.63) is 0 Å². The Labute approximate surface area is 541 Å². The predicted molar refractivity (Wildman–Crippen MR) is 308 cm³/mol. The number of amides is 10. The van der Waals surface area contributed by atoms with Gasteiger partial charge < -0.3 is 148 Å². The highest BCUT2D eigenvalue weighted by Gasteiger charge is 2.58. The minimum Gasteiger partial charge on any atom is -0.481 e. The van der Waals surface area contributed by atoms with Crippen molar-refractivity contribution >= 4 is 71.0 Å². The van der Waals surface area contributed by atoms with Gasteiger partial charge in [-0.15, -0.1) is 0 Å². The van der Waals surface area contributed by atoms with Crippen molar-refractivity contribution in [3.8, 4) is 0 Å². The highest BCUT2D eigenvalue weighted by atomic mass is 16.8. The van der Waals surface area contributed by atoms with E-state index >= 15 is 0 Å². The molecular formula is C54H88N10O31. The van der Waals surface area contributed by atoms with Crippen molar-refractivity contribution < 1.29 is 151 Å². The first-order valence-corrected chi connectivity index (χ1v) is 29.9. The molecule has 0 bridgehead atoms. The molecule has 41 heteroatoms. The molecule has 22 N–H and O–H groups in total. The van der Waals surface area contributed by atoms with Crippen molar-refractivity contribution in [2.45, 2.75) is 240 Å². The van der Waals surface area contributed by atoms with Gasteiger partial charge in [-0.1, -0.05) is 0 Å². The maximum absolute atomic E-state index is 14.0. The molecule has 0 radical (unpaired) electrons. The number of carbonyl (C=O) groups is 12. The monoisotopic (exact) mass is 1370 g/mol. The fraction of sp³-hybridized carbons (Fsp3) is 0.778. The van der Waals surface area contributed by atoms with Crippen LogP contribution in [0.3, 0.4) is 0 Å². The number of carbonyl (C=O) groups excluding carboxylic acids is 10. The zero-order valence-corrected chi connectivity index (χ0v) is 52.9. The van der Waals surface area contributed by atoms with Crippen molar-refractivity contribution in [1.82, 2.24) is 42.5 Å². The number of carboxylic acids is 2. The Balaban J connectivity index is 1.78. The van der Waals surface area contributed by atoms with E-state index in [9.17, 15) is 98.4 Å². The van der Waals surface area contributed by atoms with Crippen LogP contribution in [0.2, 0.25) is 0 Å². The second-order valence-electron chi connectivity index (χ2n) is 22.8. The number of hydrogen-bond acceptors (Lipinski definition) is 29. The second-order valence-corrected chi connectivity index (χ2v) is 22.8. The van der Waals surface area contributed by atoms with Gasteiger partial charge in [0.1, 0.15) is 134 Å². The molecule has 26 atom stereocenters. The van der Waals surface area contributed by atoms with Gasteiger partial charge in [-0.25, -0.2) is 0 Å². The number of rotatable bonds is 34. The molecule has 0 aromatic rings. The Bertz CT molecular complexity index is 2690.